The molecule has 0 fully saturated rings. The van der Waals surface area contributed by atoms with Gasteiger partial charge in [-0.1, -0.05) is 18.0 Å². The minimum Gasteiger partial charge on any atom is -0.388 e. The molecule has 0 unspecified atom stereocenters. The second-order valence-electron chi connectivity index (χ2n) is 2.47. The summed E-state index contributed by atoms with van der Waals surface area (Å²) in [6, 6.07) is 7.36. The van der Waals surface area contributed by atoms with Crippen molar-refractivity contribution in [3.8, 4) is 0 Å². The first-order chi connectivity index (χ1) is 6.27. The van der Waals surface area contributed by atoms with Gasteiger partial charge in [-0.3, -0.25) is 9.52 Å². The van der Waals surface area contributed by atoms with Crippen LogP contribution in [0.15, 0.2) is 24.3 Å². The van der Waals surface area contributed by atoms with Gasteiger partial charge in [-0.2, -0.15) is 0 Å². The first-order valence-electron chi connectivity index (χ1n) is 3.89. The highest BCUT2D eigenvalue weighted by molar-refractivity contribution is 7.97. The molecule has 0 aromatic heterocycles. The standard InChI is InChI=1S/C9H12N2OS/c1-10-8-5-3-4-7(6-8)9(12)11-13-2/h3-6,10H,1-2H3,(H,11,12). The summed E-state index contributed by atoms with van der Waals surface area (Å²) in [6.07, 6.45) is 1.82. The molecule has 0 saturated heterocycles. The smallest absolute Gasteiger partial charge is 0.261 e. The number of hydrogen-bond acceptors (Lipinski definition) is 3. The van der Waals surface area contributed by atoms with E-state index in [4.69, 9.17) is 0 Å². The molecule has 1 aromatic carbocycles. The molecule has 0 heterocycles. The number of nitrogens with one attached hydrogen (secondary N) is 2. The van der Waals surface area contributed by atoms with Gasteiger partial charge in [0.2, 0.25) is 0 Å². The van der Waals surface area contributed by atoms with Gasteiger partial charge >= 0.3 is 0 Å². The van der Waals surface area contributed by atoms with E-state index in [1.807, 2.05) is 31.5 Å². The molecule has 1 amide bonds. The van der Waals surface area contributed by atoms with Crippen LogP contribution in [0.25, 0.3) is 0 Å². The van der Waals surface area contributed by atoms with Gasteiger partial charge in [0.15, 0.2) is 0 Å². The van der Waals surface area contributed by atoms with E-state index < -0.39 is 0 Å². The SMILES string of the molecule is CNc1cccc(C(=O)NSC)c1. The van der Waals surface area contributed by atoms with Gasteiger partial charge < -0.3 is 5.32 Å². The van der Waals surface area contributed by atoms with Crippen molar-refractivity contribution in [1.29, 1.82) is 0 Å². The maximum Gasteiger partial charge on any atom is 0.261 e. The van der Waals surface area contributed by atoms with E-state index in [1.165, 1.54) is 11.9 Å². The van der Waals surface area contributed by atoms with Crippen LogP contribution in [0.3, 0.4) is 0 Å². The molecular weight excluding hydrogens is 184 g/mol. The van der Waals surface area contributed by atoms with Crippen LogP contribution in [-0.2, 0) is 0 Å². The van der Waals surface area contributed by atoms with Crippen LogP contribution in [0, 0.1) is 0 Å². The zero-order valence-electron chi connectivity index (χ0n) is 7.63. The monoisotopic (exact) mass is 196 g/mol. The topological polar surface area (TPSA) is 41.1 Å². The minimum absolute atomic E-state index is 0.0652. The lowest BCUT2D eigenvalue weighted by atomic mass is 10.2. The number of carbonyl (C=O) groups excluding carboxylic acids is 1. The molecule has 4 heteroatoms. The number of rotatable bonds is 3. The normalized spacial score (nSPS) is 9.38. The third-order valence-corrected chi connectivity index (χ3v) is 2.00. The molecule has 0 aliphatic rings. The average Bonchev–Trinajstić information content (AvgIpc) is 2.18. The average molecular weight is 196 g/mol. The van der Waals surface area contributed by atoms with E-state index in [9.17, 15) is 4.79 Å². The van der Waals surface area contributed by atoms with Crippen molar-refractivity contribution in [2.45, 2.75) is 0 Å². The lowest BCUT2D eigenvalue weighted by Crippen LogP contribution is -2.15. The van der Waals surface area contributed by atoms with Crippen LogP contribution in [0.4, 0.5) is 5.69 Å². The van der Waals surface area contributed by atoms with E-state index in [0.717, 1.165) is 5.69 Å². The summed E-state index contributed by atoms with van der Waals surface area (Å²) >= 11 is 1.30. The van der Waals surface area contributed by atoms with Crippen molar-refractivity contribution >= 4 is 23.5 Å². The van der Waals surface area contributed by atoms with Crippen LogP contribution < -0.4 is 10.0 Å². The van der Waals surface area contributed by atoms with E-state index >= 15 is 0 Å². The molecule has 70 valence electrons. The maximum absolute atomic E-state index is 11.4. The number of hydrogen-bond donors (Lipinski definition) is 2. The molecular formula is C9H12N2OS. The molecule has 0 radical (unpaired) electrons. The third kappa shape index (κ3) is 2.66. The molecule has 0 atom stereocenters. The first kappa shape index (κ1) is 9.92. The number of anilines is 1. The highest BCUT2D eigenvalue weighted by Gasteiger charge is 2.03. The summed E-state index contributed by atoms with van der Waals surface area (Å²) in [4.78, 5) is 11.4. The number of amides is 1. The predicted octanol–water partition coefficient (Wildman–Crippen LogP) is 1.74. The highest BCUT2D eigenvalue weighted by atomic mass is 32.2. The summed E-state index contributed by atoms with van der Waals surface area (Å²) in [5.41, 5.74) is 1.61. The zero-order chi connectivity index (χ0) is 9.68. The number of carbonyl (C=O) groups is 1. The molecule has 2 N–H and O–H groups in total. The first-order valence-corrected chi connectivity index (χ1v) is 5.11. The highest BCUT2D eigenvalue weighted by Crippen LogP contribution is 2.09. The lowest BCUT2D eigenvalue weighted by Gasteiger charge is -2.03. The van der Waals surface area contributed by atoms with E-state index in [2.05, 4.69) is 10.0 Å². The molecule has 0 aliphatic carbocycles. The summed E-state index contributed by atoms with van der Waals surface area (Å²) in [5.74, 6) is -0.0652. The third-order valence-electron chi connectivity index (χ3n) is 1.61. The summed E-state index contributed by atoms with van der Waals surface area (Å²) in [5, 5.41) is 2.98. The van der Waals surface area contributed by atoms with Gasteiger partial charge in [-0.05, 0) is 18.2 Å². The number of benzene rings is 1. The Morgan fingerprint density at radius 1 is 1.46 bits per heavy atom. The second-order valence-corrected chi connectivity index (χ2v) is 3.08. The van der Waals surface area contributed by atoms with Crippen molar-refractivity contribution < 1.29 is 4.79 Å². The van der Waals surface area contributed by atoms with Crippen molar-refractivity contribution in [2.24, 2.45) is 0 Å². The maximum atomic E-state index is 11.4. The van der Waals surface area contributed by atoms with Gasteiger partial charge in [-0.25, -0.2) is 0 Å². The van der Waals surface area contributed by atoms with Gasteiger partial charge in [-0.15, -0.1) is 0 Å². The molecule has 3 nitrogen and oxygen atoms in total. The Morgan fingerprint density at radius 2 is 2.23 bits per heavy atom. The predicted molar refractivity (Wildman–Crippen MR) is 57.0 cm³/mol. The summed E-state index contributed by atoms with van der Waals surface area (Å²) in [6.45, 7) is 0. The molecule has 1 aromatic rings. The summed E-state index contributed by atoms with van der Waals surface area (Å²) < 4.78 is 2.66. The van der Waals surface area contributed by atoms with Crippen molar-refractivity contribution in [1.82, 2.24) is 4.72 Å². The van der Waals surface area contributed by atoms with E-state index in [1.54, 1.807) is 6.07 Å². The van der Waals surface area contributed by atoms with Crippen LogP contribution in [0.5, 0.6) is 0 Å². The van der Waals surface area contributed by atoms with Gasteiger partial charge in [0.05, 0.1) is 0 Å². The molecule has 13 heavy (non-hydrogen) atoms. The Bertz CT molecular complexity index is 301. The summed E-state index contributed by atoms with van der Waals surface area (Å²) in [7, 11) is 1.82. The Balaban J connectivity index is 2.82. The van der Waals surface area contributed by atoms with Crippen LogP contribution in [0.2, 0.25) is 0 Å². The molecule has 1 rings (SSSR count). The molecule has 0 aliphatic heterocycles. The Labute approximate surface area is 82.0 Å². The molecule has 0 spiro atoms. The van der Waals surface area contributed by atoms with Crippen molar-refractivity contribution in [3.05, 3.63) is 29.8 Å². The van der Waals surface area contributed by atoms with E-state index in [0.29, 0.717) is 5.56 Å². The zero-order valence-corrected chi connectivity index (χ0v) is 8.44. The Kier molecular flexibility index (Phi) is 3.64. The van der Waals surface area contributed by atoms with E-state index in [-0.39, 0.29) is 5.91 Å². The van der Waals surface area contributed by atoms with Gasteiger partial charge in [0.1, 0.15) is 0 Å². The molecule has 0 saturated carbocycles. The molecule has 0 bridgehead atoms. The fourth-order valence-electron chi connectivity index (χ4n) is 0.968. The van der Waals surface area contributed by atoms with Crippen molar-refractivity contribution in [2.75, 3.05) is 18.6 Å². The Morgan fingerprint density at radius 3 is 2.85 bits per heavy atom. The second kappa shape index (κ2) is 4.77. The quantitative estimate of drug-likeness (QED) is 0.723. The fourth-order valence-corrected chi connectivity index (χ4v) is 1.27. The van der Waals surface area contributed by atoms with Crippen LogP contribution in [0.1, 0.15) is 10.4 Å². The largest absolute Gasteiger partial charge is 0.388 e. The van der Waals surface area contributed by atoms with Gasteiger partial charge in [0.25, 0.3) is 5.91 Å². The minimum atomic E-state index is -0.0652. The van der Waals surface area contributed by atoms with Crippen LogP contribution >= 0.6 is 11.9 Å². The Hall–Kier alpha value is -1.16. The lowest BCUT2D eigenvalue weighted by molar-refractivity contribution is 0.0984. The van der Waals surface area contributed by atoms with Gasteiger partial charge in [0, 0.05) is 24.6 Å². The van der Waals surface area contributed by atoms with Crippen LogP contribution in [-0.4, -0.2) is 19.2 Å². The van der Waals surface area contributed by atoms with Crippen molar-refractivity contribution in [3.63, 3.8) is 0 Å². The fraction of sp³-hybridized carbons (Fsp3) is 0.222.